The Labute approximate surface area is 166 Å². The first kappa shape index (κ1) is 21.7. The van der Waals surface area contributed by atoms with E-state index < -0.39 is 29.4 Å². The number of hydrogen-bond acceptors (Lipinski definition) is 6. The average molecular weight is 476 g/mol. The summed E-state index contributed by atoms with van der Waals surface area (Å²) < 4.78 is 11.8. The highest BCUT2D eigenvalue weighted by molar-refractivity contribution is 8.93. The summed E-state index contributed by atoms with van der Waals surface area (Å²) in [5.41, 5.74) is -1.73. The van der Waals surface area contributed by atoms with E-state index in [4.69, 9.17) is 0 Å². The lowest BCUT2D eigenvalue weighted by molar-refractivity contribution is -0.384. The molecule has 0 saturated heterocycles. The summed E-state index contributed by atoms with van der Waals surface area (Å²) in [7, 11) is -4.62. The van der Waals surface area contributed by atoms with Crippen molar-refractivity contribution in [3.05, 3.63) is 72.5 Å². The van der Waals surface area contributed by atoms with Crippen molar-refractivity contribution in [2.75, 3.05) is 0 Å². The lowest BCUT2D eigenvalue weighted by atomic mass is 10.1. The van der Waals surface area contributed by atoms with Crippen LogP contribution in [-0.2, 0) is 11.1 Å². The molecule has 6 N–H and O–H groups in total. The van der Waals surface area contributed by atoms with Gasteiger partial charge in [-0.05, 0) is 17.7 Å². The van der Waals surface area contributed by atoms with Crippen molar-refractivity contribution in [1.29, 1.82) is 0 Å². The smallest absolute Gasteiger partial charge is 0.348 e. The number of aromatic nitrogens is 3. The van der Waals surface area contributed by atoms with E-state index in [1.165, 1.54) is 12.3 Å². The second-order valence-corrected chi connectivity index (χ2v) is 7.39. The fraction of sp³-hybridized carbons (Fsp3) is 0.143. The largest absolute Gasteiger partial charge is 0.363 e. The van der Waals surface area contributed by atoms with E-state index >= 15 is 0 Å². The van der Waals surface area contributed by atoms with E-state index in [-0.39, 0.29) is 51.5 Å². The molecule has 1 aromatic carbocycles. The Morgan fingerprint density at radius 1 is 1.21 bits per heavy atom. The maximum Gasteiger partial charge on any atom is 0.348 e. The SMILES string of the molecule is Br.O=c1[nH]c2cc([N+](=O)[O-])cc(CNC(c3ccc[nH]3)P(=O)(O)O)c2[nH]c1=O. The molecular weight excluding hydrogens is 461 g/mol. The molecule has 0 aliphatic heterocycles. The first-order valence-corrected chi connectivity index (χ1v) is 9.20. The van der Waals surface area contributed by atoms with Gasteiger partial charge in [-0.3, -0.25) is 29.6 Å². The summed E-state index contributed by atoms with van der Waals surface area (Å²) in [4.78, 5) is 60.0. The average Bonchev–Trinajstić information content (AvgIpc) is 3.09. The van der Waals surface area contributed by atoms with Crippen molar-refractivity contribution in [2.45, 2.75) is 12.3 Å². The minimum Gasteiger partial charge on any atom is -0.363 e. The van der Waals surface area contributed by atoms with Crippen LogP contribution in [0, 0.1) is 10.1 Å². The number of rotatable bonds is 6. The fourth-order valence-electron chi connectivity index (χ4n) is 2.66. The van der Waals surface area contributed by atoms with Gasteiger partial charge in [-0.15, -0.1) is 17.0 Å². The van der Waals surface area contributed by atoms with Crippen LogP contribution in [0.5, 0.6) is 0 Å². The fourth-order valence-corrected chi connectivity index (χ4v) is 3.51. The number of halogens is 1. The van der Waals surface area contributed by atoms with E-state index in [1.54, 1.807) is 6.07 Å². The molecule has 0 saturated carbocycles. The Bertz CT molecular complexity index is 1170. The van der Waals surface area contributed by atoms with Crippen molar-refractivity contribution in [2.24, 2.45) is 0 Å². The third-order valence-corrected chi connectivity index (χ3v) is 4.98. The molecule has 0 aliphatic carbocycles. The number of nitrogens with one attached hydrogen (secondary N) is 4. The standard InChI is InChI=1S/C14H14N5O7P.BrH/c20-12-13(21)18-11-7(4-8(19(22)23)5-10(11)17-12)6-16-14(27(24,25)26)9-2-1-3-15-9;/h1-5,14-16H,6H2,(H,17,20)(H,18,21)(H2,24,25,26);1H. The van der Waals surface area contributed by atoms with Gasteiger partial charge in [0.1, 0.15) is 0 Å². The van der Waals surface area contributed by atoms with Crippen LogP contribution >= 0.6 is 24.6 Å². The van der Waals surface area contributed by atoms with Crippen molar-refractivity contribution in [3.63, 3.8) is 0 Å². The summed E-state index contributed by atoms with van der Waals surface area (Å²) in [6.45, 7) is -0.227. The predicted octanol–water partition coefficient (Wildman–Crippen LogP) is 0.997. The molecule has 0 fully saturated rings. The van der Waals surface area contributed by atoms with Gasteiger partial charge in [0.2, 0.25) is 0 Å². The van der Waals surface area contributed by atoms with Crippen molar-refractivity contribution >= 4 is 41.3 Å². The molecule has 0 radical (unpaired) electrons. The Hall–Kier alpha value is -2.57. The molecule has 0 amide bonds. The van der Waals surface area contributed by atoms with Crippen LogP contribution in [0.4, 0.5) is 5.69 Å². The van der Waals surface area contributed by atoms with Crippen molar-refractivity contribution in [3.8, 4) is 0 Å². The minimum atomic E-state index is -4.62. The number of H-pyrrole nitrogens is 3. The Balaban J connectivity index is 0.00000280. The molecule has 28 heavy (non-hydrogen) atoms. The summed E-state index contributed by atoms with van der Waals surface area (Å²) in [6, 6.07) is 5.27. The number of aromatic amines is 3. The van der Waals surface area contributed by atoms with Crippen LogP contribution in [0.3, 0.4) is 0 Å². The van der Waals surface area contributed by atoms with E-state index in [2.05, 4.69) is 20.3 Å². The number of nitrogens with zero attached hydrogens (tertiary/aromatic N) is 1. The van der Waals surface area contributed by atoms with Gasteiger partial charge in [-0.2, -0.15) is 0 Å². The summed E-state index contributed by atoms with van der Waals surface area (Å²) in [6.07, 6.45) is 1.49. The lowest BCUT2D eigenvalue weighted by Gasteiger charge is -2.19. The van der Waals surface area contributed by atoms with E-state index in [9.17, 15) is 34.1 Å². The molecule has 2 heterocycles. The van der Waals surface area contributed by atoms with Crippen molar-refractivity contribution < 1.29 is 19.3 Å². The Morgan fingerprint density at radius 2 is 1.89 bits per heavy atom. The number of nitro benzene ring substituents is 1. The zero-order valence-electron chi connectivity index (χ0n) is 13.9. The zero-order chi connectivity index (χ0) is 19.8. The van der Waals surface area contributed by atoms with Gasteiger partial charge >= 0.3 is 18.7 Å². The van der Waals surface area contributed by atoms with E-state index in [1.807, 2.05) is 0 Å². The highest BCUT2D eigenvalue weighted by atomic mass is 79.9. The van der Waals surface area contributed by atoms with Gasteiger partial charge in [-0.1, -0.05) is 0 Å². The van der Waals surface area contributed by atoms with Gasteiger partial charge in [0.25, 0.3) is 5.69 Å². The van der Waals surface area contributed by atoms with Gasteiger partial charge in [0.05, 0.1) is 16.0 Å². The van der Waals surface area contributed by atoms with Gasteiger partial charge in [-0.25, -0.2) is 0 Å². The topological polar surface area (TPSA) is 194 Å². The maximum atomic E-state index is 11.8. The minimum absolute atomic E-state index is 0. The molecule has 3 rings (SSSR count). The number of fused-ring (bicyclic) bond motifs is 1. The highest BCUT2D eigenvalue weighted by Crippen LogP contribution is 2.49. The molecule has 1 unspecified atom stereocenters. The number of non-ortho nitro benzene ring substituents is 1. The first-order chi connectivity index (χ1) is 12.7. The third-order valence-electron chi connectivity index (χ3n) is 3.85. The van der Waals surface area contributed by atoms with Crippen molar-refractivity contribution in [1.82, 2.24) is 20.3 Å². The molecule has 2 aromatic heterocycles. The van der Waals surface area contributed by atoms with Crippen LogP contribution in [0.2, 0.25) is 0 Å². The van der Waals surface area contributed by atoms with Crippen LogP contribution in [-0.4, -0.2) is 29.7 Å². The molecule has 12 nitrogen and oxygen atoms in total. The number of hydrogen-bond donors (Lipinski definition) is 6. The molecule has 14 heteroatoms. The molecule has 0 bridgehead atoms. The summed E-state index contributed by atoms with van der Waals surface area (Å²) in [5, 5.41) is 13.8. The molecule has 3 aromatic rings. The molecule has 1 atom stereocenters. The summed E-state index contributed by atoms with van der Waals surface area (Å²) in [5.74, 6) is -1.39. The van der Waals surface area contributed by atoms with Gasteiger partial charge < -0.3 is 24.7 Å². The van der Waals surface area contributed by atoms with Gasteiger partial charge in [0, 0.05) is 30.6 Å². The molecule has 150 valence electrons. The van der Waals surface area contributed by atoms with E-state index in [0.29, 0.717) is 0 Å². The quantitative estimate of drug-likeness (QED) is 0.131. The normalized spacial score (nSPS) is 12.5. The first-order valence-electron chi connectivity index (χ1n) is 7.52. The maximum absolute atomic E-state index is 11.8. The predicted molar refractivity (Wildman–Crippen MR) is 105 cm³/mol. The third kappa shape index (κ3) is 4.46. The second kappa shape index (κ2) is 8.20. The highest BCUT2D eigenvalue weighted by Gasteiger charge is 2.31. The summed E-state index contributed by atoms with van der Waals surface area (Å²) >= 11 is 0. The Morgan fingerprint density at radius 3 is 2.46 bits per heavy atom. The van der Waals surface area contributed by atoms with Crippen LogP contribution < -0.4 is 16.4 Å². The van der Waals surface area contributed by atoms with Crippen LogP contribution in [0.25, 0.3) is 11.0 Å². The zero-order valence-corrected chi connectivity index (χ0v) is 16.5. The van der Waals surface area contributed by atoms with Crippen LogP contribution in [0.1, 0.15) is 17.0 Å². The Kier molecular flexibility index (Phi) is 6.37. The molecule has 0 spiro atoms. The molecular formula is C14H15BrN5O7P. The monoisotopic (exact) mass is 475 g/mol. The van der Waals surface area contributed by atoms with Crippen LogP contribution in [0.15, 0.2) is 40.1 Å². The second-order valence-electron chi connectivity index (χ2n) is 5.69. The lowest BCUT2D eigenvalue weighted by Crippen LogP contribution is -2.30. The van der Waals surface area contributed by atoms with E-state index in [0.717, 1.165) is 12.1 Å². The number of nitro groups is 1. The molecule has 0 aliphatic rings. The number of benzene rings is 1. The van der Waals surface area contributed by atoms with Gasteiger partial charge in [0.15, 0.2) is 5.78 Å².